The van der Waals surface area contributed by atoms with Crippen LogP contribution in [0.3, 0.4) is 0 Å². The third-order valence-corrected chi connectivity index (χ3v) is 3.02. The van der Waals surface area contributed by atoms with Crippen LogP contribution in [0.1, 0.15) is 17.4 Å². The fraction of sp³-hybridized carbons (Fsp3) is 0.154. The van der Waals surface area contributed by atoms with E-state index in [4.69, 9.17) is 23.2 Å². The Kier molecular flexibility index (Phi) is 4.76. The highest BCUT2D eigenvalue weighted by Gasteiger charge is 2.15. The number of hydrogen-bond donors (Lipinski definition) is 2. The maximum absolute atomic E-state index is 12.2. The zero-order chi connectivity index (χ0) is 14.5. The molecule has 0 aliphatic rings. The van der Waals surface area contributed by atoms with E-state index in [2.05, 4.69) is 20.6 Å². The third-order valence-electron chi connectivity index (χ3n) is 2.41. The topological polar surface area (TPSA) is 66.9 Å². The summed E-state index contributed by atoms with van der Waals surface area (Å²) in [6.07, 6.45) is 1.53. The van der Waals surface area contributed by atoms with Crippen molar-refractivity contribution in [3.63, 3.8) is 0 Å². The monoisotopic (exact) mass is 310 g/mol. The first kappa shape index (κ1) is 14.6. The van der Waals surface area contributed by atoms with E-state index >= 15 is 0 Å². The molecule has 1 amide bonds. The van der Waals surface area contributed by atoms with Crippen LogP contribution in [0.25, 0.3) is 0 Å². The van der Waals surface area contributed by atoms with Crippen molar-refractivity contribution in [1.82, 2.24) is 9.97 Å². The van der Waals surface area contributed by atoms with Gasteiger partial charge >= 0.3 is 0 Å². The molecule has 0 aliphatic carbocycles. The maximum Gasteiger partial charge on any atom is 0.277 e. The van der Waals surface area contributed by atoms with Crippen LogP contribution in [0.5, 0.6) is 0 Å². The van der Waals surface area contributed by atoms with Gasteiger partial charge in [-0.1, -0.05) is 23.2 Å². The number of halogens is 2. The fourth-order valence-electron chi connectivity index (χ4n) is 1.53. The lowest BCUT2D eigenvalue weighted by Crippen LogP contribution is -2.16. The summed E-state index contributed by atoms with van der Waals surface area (Å²) >= 11 is 11.9. The molecule has 2 aromatic rings. The predicted octanol–water partition coefficient (Wildman–Crippen LogP) is 3.47. The molecule has 0 spiro atoms. The van der Waals surface area contributed by atoms with Gasteiger partial charge < -0.3 is 10.6 Å². The summed E-state index contributed by atoms with van der Waals surface area (Å²) in [4.78, 5) is 20.3. The van der Waals surface area contributed by atoms with Gasteiger partial charge in [0.15, 0.2) is 5.82 Å². The Balaban J connectivity index is 2.25. The second kappa shape index (κ2) is 6.54. The van der Waals surface area contributed by atoms with Gasteiger partial charge in [0, 0.05) is 12.7 Å². The number of aromatic nitrogens is 2. The SMILES string of the molecule is CCNc1ccc(Cl)c(C(=O)Nc2ncccc2Cl)n1. The van der Waals surface area contributed by atoms with Gasteiger partial charge in [-0.15, -0.1) is 0 Å². The van der Waals surface area contributed by atoms with Crippen molar-refractivity contribution in [1.29, 1.82) is 0 Å². The molecule has 0 saturated heterocycles. The van der Waals surface area contributed by atoms with Crippen LogP contribution in [0, 0.1) is 0 Å². The quantitative estimate of drug-likeness (QED) is 0.907. The third kappa shape index (κ3) is 3.37. The van der Waals surface area contributed by atoms with E-state index in [0.717, 1.165) is 0 Å². The molecule has 0 aromatic carbocycles. The summed E-state index contributed by atoms with van der Waals surface area (Å²) in [5.74, 6) is 0.385. The van der Waals surface area contributed by atoms with Gasteiger partial charge in [0.1, 0.15) is 11.5 Å². The first-order valence-electron chi connectivity index (χ1n) is 5.94. The van der Waals surface area contributed by atoms with Crippen LogP contribution < -0.4 is 10.6 Å². The Morgan fingerprint density at radius 3 is 2.75 bits per heavy atom. The van der Waals surface area contributed by atoms with Crippen molar-refractivity contribution in [3.8, 4) is 0 Å². The van der Waals surface area contributed by atoms with Crippen molar-refractivity contribution in [3.05, 3.63) is 46.2 Å². The summed E-state index contributed by atoms with van der Waals surface area (Å²) in [6, 6.07) is 6.63. The maximum atomic E-state index is 12.2. The lowest BCUT2D eigenvalue weighted by Gasteiger charge is -2.08. The zero-order valence-corrected chi connectivity index (χ0v) is 12.2. The van der Waals surface area contributed by atoms with Crippen LogP contribution in [0.15, 0.2) is 30.5 Å². The molecular formula is C13H12Cl2N4O. The number of pyridine rings is 2. The second-order valence-corrected chi connectivity index (χ2v) is 4.66. The van der Waals surface area contributed by atoms with Gasteiger partial charge in [-0.2, -0.15) is 0 Å². The largest absolute Gasteiger partial charge is 0.370 e. The van der Waals surface area contributed by atoms with Crippen molar-refractivity contribution in [2.24, 2.45) is 0 Å². The van der Waals surface area contributed by atoms with Crippen molar-refractivity contribution in [2.45, 2.75) is 6.92 Å². The van der Waals surface area contributed by atoms with E-state index < -0.39 is 5.91 Å². The molecule has 104 valence electrons. The first-order valence-corrected chi connectivity index (χ1v) is 6.69. The summed E-state index contributed by atoms with van der Waals surface area (Å²) < 4.78 is 0. The number of carbonyl (C=O) groups is 1. The summed E-state index contributed by atoms with van der Waals surface area (Å²) in [7, 11) is 0. The van der Waals surface area contributed by atoms with Crippen molar-refractivity contribution in [2.75, 3.05) is 17.2 Å². The molecule has 7 heteroatoms. The average molecular weight is 311 g/mol. The lowest BCUT2D eigenvalue weighted by molar-refractivity contribution is 0.102. The normalized spacial score (nSPS) is 10.2. The zero-order valence-electron chi connectivity index (χ0n) is 10.7. The van der Waals surface area contributed by atoms with Gasteiger partial charge in [-0.05, 0) is 31.2 Å². The molecule has 2 rings (SSSR count). The molecule has 5 nitrogen and oxygen atoms in total. The molecule has 20 heavy (non-hydrogen) atoms. The van der Waals surface area contributed by atoms with E-state index in [1.54, 1.807) is 24.3 Å². The number of nitrogens with zero attached hydrogens (tertiary/aromatic N) is 2. The van der Waals surface area contributed by atoms with E-state index in [0.29, 0.717) is 17.4 Å². The number of rotatable bonds is 4. The molecule has 0 atom stereocenters. The Bertz CT molecular complexity index is 634. The van der Waals surface area contributed by atoms with Gasteiger partial charge in [0.2, 0.25) is 0 Å². The van der Waals surface area contributed by atoms with Gasteiger partial charge in [-0.3, -0.25) is 4.79 Å². The molecule has 2 heterocycles. The van der Waals surface area contributed by atoms with Crippen molar-refractivity contribution < 1.29 is 4.79 Å². The Morgan fingerprint density at radius 1 is 1.25 bits per heavy atom. The number of carbonyl (C=O) groups excluding carboxylic acids is 1. The second-order valence-electron chi connectivity index (χ2n) is 3.85. The summed E-state index contributed by atoms with van der Waals surface area (Å²) in [6.45, 7) is 2.63. The highest BCUT2D eigenvalue weighted by atomic mass is 35.5. The minimum atomic E-state index is -0.463. The van der Waals surface area contributed by atoms with Crippen LogP contribution in [-0.2, 0) is 0 Å². The molecule has 0 saturated carbocycles. The van der Waals surface area contributed by atoms with E-state index in [1.165, 1.54) is 6.20 Å². The standard InChI is InChI=1S/C13H12Cl2N4O/c1-2-16-10-6-5-8(14)11(18-10)13(20)19-12-9(15)4-3-7-17-12/h3-7H,2H2,1H3,(H,16,18)(H,17,19,20). The minimum absolute atomic E-state index is 0.117. The predicted molar refractivity (Wildman–Crippen MR) is 80.6 cm³/mol. The van der Waals surface area contributed by atoms with E-state index in [9.17, 15) is 4.79 Å². The number of nitrogens with one attached hydrogen (secondary N) is 2. The highest BCUT2D eigenvalue weighted by Crippen LogP contribution is 2.21. The molecule has 0 unspecified atom stereocenters. The Morgan fingerprint density at radius 2 is 2.05 bits per heavy atom. The van der Waals surface area contributed by atoms with Crippen molar-refractivity contribution >= 4 is 40.7 Å². The molecular weight excluding hydrogens is 299 g/mol. The number of amides is 1. The molecule has 2 N–H and O–H groups in total. The number of hydrogen-bond acceptors (Lipinski definition) is 4. The van der Waals surface area contributed by atoms with Crippen LogP contribution >= 0.6 is 23.2 Å². The lowest BCUT2D eigenvalue weighted by atomic mass is 10.3. The Hall–Kier alpha value is -1.85. The van der Waals surface area contributed by atoms with Gasteiger partial charge in [-0.25, -0.2) is 9.97 Å². The summed E-state index contributed by atoms with van der Waals surface area (Å²) in [5.41, 5.74) is 0.117. The van der Waals surface area contributed by atoms with Crippen LogP contribution in [-0.4, -0.2) is 22.4 Å². The Labute approximate surface area is 126 Å². The van der Waals surface area contributed by atoms with E-state index in [1.807, 2.05) is 6.92 Å². The molecule has 0 radical (unpaired) electrons. The minimum Gasteiger partial charge on any atom is -0.370 e. The molecule has 2 aromatic heterocycles. The van der Waals surface area contributed by atoms with Gasteiger partial charge in [0.05, 0.1) is 10.0 Å². The van der Waals surface area contributed by atoms with Crippen LogP contribution in [0.4, 0.5) is 11.6 Å². The summed E-state index contributed by atoms with van der Waals surface area (Å²) in [5, 5.41) is 6.20. The fourth-order valence-corrected chi connectivity index (χ4v) is 1.89. The first-order chi connectivity index (χ1) is 9.61. The highest BCUT2D eigenvalue weighted by molar-refractivity contribution is 6.35. The smallest absolute Gasteiger partial charge is 0.277 e. The molecule has 0 aliphatic heterocycles. The van der Waals surface area contributed by atoms with Crippen LogP contribution in [0.2, 0.25) is 10.0 Å². The number of anilines is 2. The molecule has 0 fully saturated rings. The molecule has 0 bridgehead atoms. The van der Waals surface area contributed by atoms with Gasteiger partial charge in [0.25, 0.3) is 5.91 Å². The van der Waals surface area contributed by atoms with E-state index in [-0.39, 0.29) is 16.5 Å². The average Bonchev–Trinajstić information content (AvgIpc) is 2.43.